The minimum atomic E-state index is -0.727. The van der Waals surface area contributed by atoms with Gasteiger partial charge in [-0.3, -0.25) is 14.4 Å². The molecule has 0 aromatic heterocycles. The highest BCUT2D eigenvalue weighted by molar-refractivity contribution is 5.93. The van der Waals surface area contributed by atoms with E-state index in [-0.39, 0.29) is 11.8 Å². The third-order valence-corrected chi connectivity index (χ3v) is 3.54. The molecule has 6 nitrogen and oxygen atoms in total. The molecule has 6 heteroatoms. The Morgan fingerprint density at radius 1 is 1.33 bits per heavy atom. The fourth-order valence-corrected chi connectivity index (χ4v) is 2.32. The summed E-state index contributed by atoms with van der Waals surface area (Å²) in [7, 11) is 0. The van der Waals surface area contributed by atoms with E-state index in [0.29, 0.717) is 25.7 Å². The summed E-state index contributed by atoms with van der Waals surface area (Å²) in [6.07, 6.45) is 1.87. The van der Waals surface area contributed by atoms with Gasteiger partial charge in [-0.15, -0.1) is 0 Å². The van der Waals surface area contributed by atoms with Crippen LogP contribution in [0, 0.1) is 0 Å². The third-order valence-electron chi connectivity index (χ3n) is 3.54. The number of hydrogen-bond donors (Lipinski definition) is 3. The molecule has 0 aliphatic carbocycles. The molecule has 2 atom stereocenters. The molecule has 1 saturated heterocycles. The topological polar surface area (TPSA) is 101 Å². The van der Waals surface area contributed by atoms with Crippen molar-refractivity contribution < 1.29 is 14.4 Å². The van der Waals surface area contributed by atoms with Crippen molar-refractivity contribution in [3.63, 3.8) is 0 Å². The van der Waals surface area contributed by atoms with Crippen LogP contribution in [0.15, 0.2) is 30.3 Å². The summed E-state index contributed by atoms with van der Waals surface area (Å²) in [5, 5.41) is 5.19. The van der Waals surface area contributed by atoms with Gasteiger partial charge in [0, 0.05) is 6.42 Å². The maximum Gasteiger partial charge on any atom is 0.243 e. The first kappa shape index (κ1) is 15.0. The lowest BCUT2D eigenvalue weighted by molar-refractivity contribution is -0.129. The second-order valence-electron chi connectivity index (χ2n) is 5.15. The number of nitrogens with two attached hydrogens (primary N) is 1. The van der Waals surface area contributed by atoms with Gasteiger partial charge >= 0.3 is 0 Å². The first-order valence-electron chi connectivity index (χ1n) is 6.99. The fraction of sp³-hybridized carbons (Fsp3) is 0.400. The van der Waals surface area contributed by atoms with E-state index in [0.717, 1.165) is 5.56 Å². The molecule has 0 bridgehead atoms. The minimum Gasteiger partial charge on any atom is -0.368 e. The van der Waals surface area contributed by atoms with Gasteiger partial charge < -0.3 is 16.4 Å². The largest absolute Gasteiger partial charge is 0.368 e. The van der Waals surface area contributed by atoms with Gasteiger partial charge in [0.2, 0.25) is 17.7 Å². The number of nitrogens with one attached hydrogen (secondary N) is 2. The molecule has 2 rings (SSSR count). The molecule has 1 aliphatic heterocycles. The number of benzene rings is 1. The number of rotatable bonds is 6. The molecular weight excluding hydrogens is 270 g/mol. The van der Waals surface area contributed by atoms with Gasteiger partial charge in [0.25, 0.3) is 0 Å². The molecule has 3 amide bonds. The zero-order valence-corrected chi connectivity index (χ0v) is 11.7. The Bertz CT molecular complexity index is 530. The highest BCUT2D eigenvalue weighted by atomic mass is 16.2. The third kappa shape index (κ3) is 4.30. The molecule has 21 heavy (non-hydrogen) atoms. The Kier molecular flexibility index (Phi) is 4.92. The number of primary amides is 1. The molecule has 1 aromatic rings. The SMILES string of the molecule is NC(=O)[C@H](CCc1ccccc1)NC(=O)[C@H]1CCC(=O)N1. The quantitative estimate of drug-likeness (QED) is 0.679. The molecule has 1 heterocycles. The van der Waals surface area contributed by atoms with E-state index in [9.17, 15) is 14.4 Å². The van der Waals surface area contributed by atoms with Gasteiger partial charge in [-0.25, -0.2) is 0 Å². The highest BCUT2D eigenvalue weighted by Gasteiger charge is 2.29. The van der Waals surface area contributed by atoms with Crippen molar-refractivity contribution in [1.82, 2.24) is 10.6 Å². The van der Waals surface area contributed by atoms with Gasteiger partial charge in [0.05, 0.1) is 0 Å². The zero-order valence-electron chi connectivity index (χ0n) is 11.7. The van der Waals surface area contributed by atoms with E-state index >= 15 is 0 Å². The number of amides is 3. The van der Waals surface area contributed by atoms with Crippen molar-refractivity contribution in [2.24, 2.45) is 5.73 Å². The lowest BCUT2D eigenvalue weighted by Gasteiger charge is -2.18. The van der Waals surface area contributed by atoms with E-state index in [1.807, 2.05) is 30.3 Å². The summed E-state index contributed by atoms with van der Waals surface area (Å²) in [6.45, 7) is 0. The maximum absolute atomic E-state index is 12.0. The van der Waals surface area contributed by atoms with Crippen LogP contribution in [0.2, 0.25) is 0 Å². The molecule has 1 aromatic carbocycles. The Morgan fingerprint density at radius 2 is 2.05 bits per heavy atom. The maximum atomic E-state index is 12.0. The molecular formula is C15H19N3O3. The Labute approximate surface area is 123 Å². The molecule has 0 unspecified atom stereocenters. The van der Waals surface area contributed by atoms with Crippen molar-refractivity contribution in [3.05, 3.63) is 35.9 Å². The molecule has 112 valence electrons. The Balaban J connectivity index is 1.88. The van der Waals surface area contributed by atoms with Crippen LogP contribution >= 0.6 is 0 Å². The lowest BCUT2D eigenvalue weighted by Crippen LogP contribution is -2.50. The van der Waals surface area contributed by atoms with Crippen LogP contribution in [0.4, 0.5) is 0 Å². The molecule has 0 radical (unpaired) electrons. The molecule has 1 aliphatic rings. The van der Waals surface area contributed by atoms with E-state index < -0.39 is 18.0 Å². The summed E-state index contributed by atoms with van der Waals surface area (Å²) in [4.78, 5) is 34.5. The van der Waals surface area contributed by atoms with Gasteiger partial charge in [-0.05, 0) is 24.8 Å². The normalized spacial score (nSPS) is 18.9. The highest BCUT2D eigenvalue weighted by Crippen LogP contribution is 2.09. The summed E-state index contributed by atoms with van der Waals surface area (Å²) in [5.74, 6) is -1.06. The smallest absolute Gasteiger partial charge is 0.243 e. The summed E-state index contributed by atoms with van der Waals surface area (Å²) < 4.78 is 0. The van der Waals surface area contributed by atoms with E-state index in [2.05, 4.69) is 10.6 Å². The van der Waals surface area contributed by atoms with Crippen molar-refractivity contribution in [3.8, 4) is 0 Å². The molecule has 1 fully saturated rings. The van der Waals surface area contributed by atoms with Crippen molar-refractivity contribution in [1.29, 1.82) is 0 Å². The van der Waals surface area contributed by atoms with E-state index in [1.54, 1.807) is 0 Å². The van der Waals surface area contributed by atoms with E-state index in [1.165, 1.54) is 0 Å². The summed E-state index contributed by atoms with van der Waals surface area (Å²) in [6, 6.07) is 8.38. The fourth-order valence-electron chi connectivity index (χ4n) is 2.32. The average Bonchev–Trinajstić information content (AvgIpc) is 2.90. The van der Waals surface area contributed by atoms with Gasteiger partial charge in [-0.1, -0.05) is 30.3 Å². The summed E-state index contributed by atoms with van der Waals surface area (Å²) >= 11 is 0. The van der Waals surface area contributed by atoms with Crippen LogP contribution in [0.5, 0.6) is 0 Å². The number of carbonyl (C=O) groups excluding carboxylic acids is 3. The first-order chi connectivity index (χ1) is 10.1. The second kappa shape index (κ2) is 6.88. The van der Waals surface area contributed by atoms with Crippen LogP contribution in [-0.4, -0.2) is 29.8 Å². The van der Waals surface area contributed by atoms with Crippen LogP contribution < -0.4 is 16.4 Å². The van der Waals surface area contributed by atoms with Gasteiger partial charge in [0.15, 0.2) is 0 Å². The Hall–Kier alpha value is -2.37. The Morgan fingerprint density at radius 3 is 2.62 bits per heavy atom. The number of carbonyl (C=O) groups is 3. The summed E-state index contributed by atoms with van der Waals surface area (Å²) in [5.41, 5.74) is 6.41. The number of aryl methyl sites for hydroxylation is 1. The van der Waals surface area contributed by atoms with Crippen molar-refractivity contribution in [2.45, 2.75) is 37.8 Å². The average molecular weight is 289 g/mol. The molecule has 0 spiro atoms. The van der Waals surface area contributed by atoms with Crippen molar-refractivity contribution >= 4 is 17.7 Å². The number of hydrogen-bond acceptors (Lipinski definition) is 3. The van der Waals surface area contributed by atoms with Gasteiger partial charge in [0.1, 0.15) is 12.1 Å². The van der Waals surface area contributed by atoms with Crippen LogP contribution in [0.25, 0.3) is 0 Å². The van der Waals surface area contributed by atoms with Crippen LogP contribution in [-0.2, 0) is 20.8 Å². The second-order valence-corrected chi connectivity index (χ2v) is 5.15. The predicted octanol–water partition coefficient (Wildman–Crippen LogP) is -0.132. The van der Waals surface area contributed by atoms with Crippen LogP contribution in [0.1, 0.15) is 24.8 Å². The van der Waals surface area contributed by atoms with Crippen molar-refractivity contribution in [2.75, 3.05) is 0 Å². The van der Waals surface area contributed by atoms with Crippen LogP contribution in [0.3, 0.4) is 0 Å². The minimum absolute atomic E-state index is 0.143. The molecule has 4 N–H and O–H groups in total. The van der Waals surface area contributed by atoms with E-state index in [4.69, 9.17) is 5.73 Å². The first-order valence-corrected chi connectivity index (χ1v) is 6.99. The zero-order chi connectivity index (χ0) is 15.2. The van der Waals surface area contributed by atoms with Gasteiger partial charge in [-0.2, -0.15) is 0 Å². The standard InChI is InChI=1S/C15H19N3O3/c16-14(20)11(7-6-10-4-2-1-3-5-10)18-15(21)12-8-9-13(19)17-12/h1-5,11-12H,6-9H2,(H2,16,20)(H,17,19)(H,18,21)/t11-,12+/m0/s1. The monoisotopic (exact) mass is 289 g/mol. The predicted molar refractivity (Wildman–Crippen MR) is 77.1 cm³/mol. The lowest BCUT2D eigenvalue weighted by atomic mass is 10.0. The molecule has 0 saturated carbocycles.